The average molecular weight is 168 g/mol. The first kappa shape index (κ1) is 8.61. The number of methoxy groups -OCH3 is 1. The van der Waals surface area contributed by atoms with Gasteiger partial charge >= 0.3 is 5.97 Å². The number of nitrogens with zero attached hydrogens (tertiary/aromatic N) is 2. The van der Waals surface area contributed by atoms with Gasteiger partial charge in [-0.15, -0.1) is 0 Å². The zero-order chi connectivity index (χ0) is 8.97. The van der Waals surface area contributed by atoms with Crippen LogP contribution in [0.3, 0.4) is 0 Å². The first-order chi connectivity index (χ1) is 5.75. The summed E-state index contributed by atoms with van der Waals surface area (Å²) in [4.78, 5) is 18.2. The van der Waals surface area contributed by atoms with Gasteiger partial charge < -0.3 is 9.84 Å². The van der Waals surface area contributed by atoms with E-state index >= 15 is 0 Å². The van der Waals surface area contributed by atoms with E-state index in [4.69, 9.17) is 0 Å². The van der Waals surface area contributed by atoms with Crippen molar-refractivity contribution in [3.63, 3.8) is 0 Å². The van der Waals surface area contributed by atoms with Gasteiger partial charge in [-0.1, -0.05) is 0 Å². The van der Waals surface area contributed by atoms with Crippen LogP contribution in [0, 0.1) is 0 Å². The maximum Gasteiger partial charge on any atom is 0.341 e. The molecular formula is C7H8N2O3. The molecule has 0 amide bonds. The Kier molecular flexibility index (Phi) is 2.71. The highest BCUT2D eigenvalue weighted by Gasteiger charge is 2.18. The second kappa shape index (κ2) is 3.77. The summed E-state index contributed by atoms with van der Waals surface area (Å²) in [6.45, 7) is 0. The molecule has 0 radical (unpaired) electrons. The lowest BCUT2D eigenvalue weighted by molar-refractivity contribution is -0.150. The number of hydrogen-bond acceptors (Lipinski definition) is 5. The molecule has 64 valence electrons. The highest BCUT2D eigenvalue weighted by Crippen LogP contribution is 2.08. The lowest BCUT2D eigenvalue weighted by Gasteiger charge is -2.05. The third-order valence-corrected chi connectivity index (χ3v) is 1.29. The number of aromatic nitrogens is 2. The van der Waals surface area contributed by atoms with Crippen LogP contribution in [0.25, 0.3) is 0 Å². The number of rotatable bonds is 2. The Bertz CT molecular complexity index is 263. The fraction of sp³-hybridized carbons (Fsp3) is 0.286. The summed E-state index contributed by atoms with van der Waals surface area (Å²) in [6.07, 6.45) is 2.81. The molecule has 0 aliphatic carbocycles. The molecule has 1 aromatic heterocycles. The fourth-order valence-electron chi connectivity index (χ4n) is 0.684. The molecule has 0 saturated heterocycles. The normalized spacial score (nSPS) is 12.2. The van der Waals surface area contributed by atoms with Gasteiger partial charge in [0.15, 0.2) is 6.10 Å². The van der Waals surface area contributed by atoms with Gasteiger partial charge in [0.1, 0.15) is 0 Å². The summed E-state index contributed by atoms with van der Waals surface area (Å²) in [7, 11) is 1.20. The Morgan fingerprint density at radius 3 is 2.92 bits per heavy atom. The van der Waals surface area contributed by atoms with Crippen molar-refractivity contribution in [3.05, 3.63) is 24.3 Å². The number of carbonyl (C=O) groups excluding carboxylic acids is 1. The molecule has 1 atom stereocenters. The number of aliphatic hydroxyl groups excluding tert-OH is 1. The van der Waals surface area contributed by atoms with Gasteiger partial charge in [0, 0.05) is 12.4 Å². The molecule has 12 heavy (non-hydrogen) atoms. The third-order valence-electron chi connectivity index (χ3n) is 1.29. The highest BCUT2D eigenvalue weighted by molar-refractivity contribution is 5.75. The molecule has 0 aromatic carbocycles. The number of hydrogen-bond donors (Lipinski definition) is 1. The zero-order valence-corrected chi connectivity index (χ0v) is 6.47. The number of ether oxygens (including phenoxy) is 1. The summed E-state index contributed by atoms with van der Waals surface area (Å²) in [5, 5.41) is 9.21. The molecule has 1 N–H and O–H groups in total. The van der Waals surface area contributed by atoms with Gasteiger partial charge in [-0.05, 0) is 0 Å². The minimum atomic E-state index is -1.34. The summed E-state index contributed by atoms with van der Waals surface area (Å²) < 4.78 is 4.31. The van der Waals surface area contributed by atoms with Crippen molar-refractivity contribution in [2.45, 2.75) is 6.10 Å². The van der Waals surface area contributed by atoms with E-state index in [1.54, 1.807) is 0 Å². The quantitative estimate of drug-likeness (QED) is 0.613. The van der Waals surface area contributed by atoms with Crippen LogP contribution in [0.15, 0.2) is 18.6 Å². The van der Waals surface area contributed by atoms with Crippen molar-refractivity contribution >= 4 is 5.97 Å². The minimum absolute atomic E-state index is 0.185. The van der Waals surface area contributed by atoms with E-state index in [1.807, 2.05) is 0 Å². The van der Waals surface area contributed by atoms with E-state index in [9.17, 15) is 9.90 Å². The maximum absolute atomic E-state index is 10.8. The molecule has 0 bridgehead atoms. The Labute approximate surface area is 69.0 Å². The summed E-state index contributed by atoms with van der Waals surface area (Å²) in [5.74, 6) is -0.740. The topological polar surface area (TPSA) is 72.3 Å². The van der Waals surface area contributed by atoms with Crippen molar-refractivity contribution in [1.29, 1.82) is 0 Å². The zero-order valence-electron chi connectivity index (χ0n) is 6.47. The molecule has 1 rings (SSSR count). The minimum Gasteiger partial charge on any atom is -0.467 e. The molecule has 0 fully saturated rings. The van der Waals surface area contributed by atoms with Gasteiger partial charge in [0.25, 0.3) is 0 Å². The highest BCUT2D eigenvalue weighted by atomic mass is 16.5. The Hall–Kier alpha value is -1.49. The molecule has 0 spiro atoms. The van der Waals surface area contributed by atoms with Gasteiger partial charge in [-0.2, -0.15) is 0 Å². The molecule has 5 nitrogen and oxygen atoms in total. The van der Waals surface area contributed by atoms with Crippen molar-refractivity contribution in [1.82, 2.24) is 9.97 Å². The summed E-state index contributed by atoms with van der Waals surface area (Å²) in [6, 6.07) is 0. The molecule has 0 aliphatic heterocycles. The molecule has 5 heteroatoms. The van der Waals surface area contributed by atoms with E-state index < -0.39 is 12.1 Å². The van der Waals surface area contributed by atoms with Crippen LogP contribution >= 0.6 is 0 Å². The van der Waals surface area contributed by atoms with Gasteiger partial charge in [-0.25, -0.2) is 4.79 Å². The molecular weight excluding hydrogens is 160 g/mol. The molecule has 1 aromatic rings. The predicted octanol–water partition coefficient (Wildman–Crippen LogP) is -0.317. The summed E-state index contributed by atoms with van der Waals surface area (Å²) in [5.41, 5.74) is 0.185. The molecule has 1 heterocycles. The molecule has 0 saturated carbocycles. The van der Waals surface area contributed by atoms with Crippen LogP contribution in [0.2, 0.25) is 0 Å². The van der Waals surface area contributed by atoms with E-state index in [1.165, 1.54) is 25.7 Å². The largest absolute Gasteiger partial charge is 0.467 e. The van der Waals surface area contributed by atoms with Gasteiger partial charge in [0.2, 0.25) is 0 Å². The second-order valence-corrected chi connectivity index (χ2v) is 2.06. The molecule has 1 unspecified atom stereocenters. The number of carbonyl (C=O) groups is 1. The third kappa shape index (κ3) is 1.76. The monoisotopic (exact) mass is 168 g/mol. The van der Waals surface area contributed by atoms with Gasteiger partial charge in [0.05, 0.1) is 19.0 Å². The van der Waals surface area contributed by atoms with Gasteiger partial charge in [-0.3, -0.25) is 9.97 Å². The first-order valence-electron chi connectivity index (χ1n) is 3.27. The van der Waals surface area contributed by atoms with E-state index in [0.29, 0.717) is 0 Å². The number of aliphatic hydroxyl groups is 1. The van der Waals surface area contributed by atoms with Crippen LogP contribution in [-0.2, 0) is 9.53 Å². The Morgan fingerprint density at radius 2 is 2.42 bits per heavy atom. The standard InChI is InChI=1S/C7H8N2O3/c1-12-7(11)6(10)5-4-8-2-3-9-5/h2-4,6,10H,1H3. The Morgan fingerprint density at radius 1 is 1.67 bits per heavy atom. The van der Waals surface area contributed by atoms with Crippen molar-refractivity contribution in [2.75, 3.05) is 7.11 Å². The van der Waals surface area contributed by atoms with E-state index in [0.717, 1.165) is 0 Å². The van der Waals surface area contributed by atoms with Crippen LogP contribution in [0.1, 0.15) is 11.8 Å². The van der Waals surface area contributed by atoms with Crippen LogP contribution < -0.4 is 0 Å². The lowest BCUT2D eigenvalue weighted by atomic mass is 10.3. The van der Waals surface area contributed by atoms with E-state index in [-0.39, 0.29) is 5.69 Å². The van der Waals surface area contributed by atoms with Crippen LogP contribution in [-0.4, -0.2) is 28.2 Å². The Balaban J connectivity index is 2.78. The lowest BCUT2D eigenvalue weighted by Crippen LogP contribution is -2.14. The fourth-order valence-corrected chi connectivity index (χ4v) is 0.684. The summed E-state index contributed by atoms with van der Waals surface area (Å²) >= 11 is 0. The number of esters is 1. The van der Waals surface area contributed by atoms with Crippen LogP contribution in [0.5, 0.6) is 0 Å². The average Bonchev–Trinajstić information content (AvgIpc) is 2.17. The van der Waals surface area contributed by atoms with Crippen molar-refractivity contribution < 1.29 is 14.6 Å². The maximum atomic E-state index is 10.8. The molecule has 0 aliphatic rings. The van der Waals surface area contributed by atoms with Crippen molar-refractivity contribution in [2.24, 2.45) is 0 Å². The van der Waals surface area contributed by atoms with Crippen LogP contribution in [0.4, 0.5) is 0 Å². The van der Waals surface area contributed by atoms with E-state index in [2.05, 4.69) is 14.7 Å². The van der Waals surface area contributed by atoms with Crippen molar-refractivity contribution in [3.8, 4) is 0 Å². The second-order valence-electron chi connectivity index (χ2n) is 2.06. The first-order valence-corrected chi connectivity index (χ1v) is 3.27. The predicted molar refractivity (Wildman–Crippen MR) is 39.0 cm³/mol. The SMILES string of the molecule is COC(=O)C(O)c1cnccn1. The smallest absolute Gasteiger partial charge is 0.341 e.